The Bertz CT molecular complexity index is 681. The second kappa shape index (κ2) is 5.38. The molecule has 0 amide bonds. The Morgan fingerprint density at radius 3 is 2.14 bits per heavy atom. The molecule has 108 valence electrons. The molecule has 0 bridgehead atoms. The largest absolute Gasteiger partial charge is 0.493 e. The SMILES string of the molecule is BrC(c1ccc2c(c1)CCCO2)c1ccc2c(c1)CCO2. The van der Waals surface area contributed by atoms with Gasteiger partial charge in [-0.25, -0.2) is 0 Å². The van der Waals surface area contributed by atoms with E-state index in [1.54, 1.807) is 0 Å². The second-order valence-corrected chi connectivity index (χ2v) is 6.56. The van der Waals surface area contributed by atoms with Gasteiger partial charge < -0.3 is 9.47 Å². The van der Waals surface area contributed by atoms with E-state index in [1.165, 1.54) is 22.3 Å². The number of hydrogen-bond acceptors (Lipinski definition) is 2. The van der Waals surface area contributed by atoms with Gasteiger partial charge in [0.15, 0.2) is 0 Å². The molecule has 2 aromatic carbocycles. The molecule has 0 spiro atoms. The van der Waals surface area contributed by atoms with E-state index < -0.39 is 0 Å². The predicted octanol–water partition coefficient (Wildman–Crippen LogP) is 4.43. The van der Waals surface area contributed by atoms with Crippen molar-refractivity contribution in [2.24, 2.45) is 0 Å². The molecule has 3 heteroatoms. The van der Waals surface area contributed by atoms with E-state index in [9.17, 15) is 0 Å². The van der Waals surface area contributed by atoms with Crippen LogP contribution >= 0.6 is 15.9 Å². The third kappa shape index (κ3) is 2.44. The third-order valence-electron chi connectivity index (χ3n) is 4.23. The molecule has 2 aliphatic rings. The van der Waals surface area contributed by atoms with E-state index in [-0.39, 0.29) is 4.83 Å². The topological polar surface area (TPSA) is 18.5 Å². The molecular weight excluding hydrogens is 328 g/mol. The summed E-state index contributed by atoms with van der Waals surface area (Å²) >= 11 is 3.85. The number of halogens is 1. The smallest absolute Gasteiger partial charge is 0.122 e. The van der Waals surface area contributed by atoms with E-state index in [1.807, 2.05) is 0 Å². The molecular formula is C18H17BrO2. The molecule has 2 aromatic rings. The van der Waals surface area contributed by atoms with Crippen molar-refractivity contribution in [3.05, 3.63) is 58.7 Å². The summed E-state index contributed by atoms with van der Waals surface area (Å²) in [6.45, 7) is 1.65. The van der Waals surface area contributed by atoms with E-state index in [0.29, 0.717) is 0 Å². The maximum atomic E-state index is 5.69. The van der Waals surface area contributed by atoms with Crippen LogP contribution in [0.15, 0.2) is 36.4 Å². The Morgan fingerprint density at radius 2 is 1.43 bits per heavy atom. The summed E-state index contributed by atoms with van der Waals surface area (Å²) in [5.41, 5.74) is 5.22. The zero-order valence-corrected chi connectivity index (χ0v) is 13.4. The predicted molar refractivity (Wildman–Crippen MR) is 86.7 cm³/mol. The number of aryl methyl sites for hydroxylation is 1. The van der Waals surface area contributed by atoms with Crippen LogP contribution in [0, 0.1) is 0 Å². The van der Waals surface area contributed by atoms with Gasteiger partial charge in [0.1, 0.15) is 11.5 Å². The van der Waals surface area contributed by atoms with Crippen molar-refractivity contribution >= 4 is 15.9 Å². The van der Waals surface area contributed by atoms with Crippen molar-refractivity contribution in [1.29, 1.82) is 0 Å². The highest BCUT2D eigenvalue weighted by molar-refractivity contribution is 9.09. The van der Waals surface area contributed by atoms with Gasteiger partial charge >= 0.3 is 0 Å². The van der Waals surface area contributed by atoms with Crippen LogP contribution < -0.4 is 9.47 Å². The van der Waals surface area contributed by atoms with Gasteiger partial charge in [0.2, 0.25) is 0 Å². The van der Waals surface area contributed by atoms with Crippen LogP contribution in [-0.4, -0.2) is 13.2 Å². The zero-order chi connectivity index (χ0) is 14.2. The van der Waals surface area contributed by atoms with Gasteiger partial charge in [-0.15, -0.1) is 0 Å². The van der Waals surface area contributed by atoms with Gasteiger partial charge in [0.05, 0.1) is 18.0 Å². The molecule has 0 radical (unpaired) electrons. The highest BCUT2D eigenvalue weighted by Gasteiger charge is 2.18. The lowest BCUT2D eigenvalue weighted by Crippen LogP contribution is -2.08. The highest BCUT2D eigenvalue weighted by Crippen LogP contribution is 2.37. The van der Waals surface area contributed by atoms with Crippen molar-refractivity contribution in [3.8, 4) is 11.5 Å². The van der Waals surface area contributed by atoms with Crippen molar-refractivity contribution in [2.45, 2.75) is 24.1 Å². The minimum atomic E-state index is 0.218. The van der Waals surface area contributed by atoms with Gasteiger partial charge in [-0.1, -0.05) is 40.2 Å². The van der Waals surface area contributed by atoms with Crippen molar-refractivity contribution in [3.63, 3.8) is 0 Å². The number of alkyl halides is 1. The highest BCUT2D eigenvalue weighted by atomic mass is 79.9. The minimum Gasteiger partial charge on any atom is -0.493 e. The lowest BCUT2D eigenvalue weighted by atomic mass is 9.97. The molecule has 4 rings (SSSR count). The monoisotopic (exact) mass is 344 g/mol. The molecule has 1 unspecified atom stereocenters. The average Bonchev–Trinajstić information content (AvgIpc) is 3.01. The molecule has 1 atom stereocenters. The number of rotatable bonds is 2. The zero-order valence-electron chi connectivity index (χ0n) is 11.8. The Balaban J connectivity index is 1.66. The van der Waals surface area contributed by atoms with Crippen LogP contribution in [-0.2, 0) is 12.8 Å². The van der Waals surface area contributed by atoms with Crippen LogP contribution in [0.1, 0.15) is 33.5 Å². The van der Waals surface area contributed by atoms with Crippen molar-refractivity contribution < 1.29 is 9.47 Å². The first kappa shape index (κ1) is 13.2. The molecule has 0 aromatic heterocycles. The van der Waals surface area contributed by atoms with Crippen LogP contribution in [0.4, 0.5) is 0 Å². The fourth-order valence-electron chi connectivity index (χ4n) is 3.09. The van der Waals surface area contributed by atoms with Gasteiger partial charge in [-0.3, -0.25) is 0 Å². The van der Waals surface area contributed by atoms with E-state index >= 15 is 0 Å². The van der Waals surface area contributed by atoms with Crippen LogP contribution in [0.5, 0.6) is 11.5 Å². The molecule has 21 heavy (non-hydrogen) atoms. The molecule has 2 nitrogen and oxygen atoms in total. The Labute approximate surface area is 133 Å². The molecule has 2 heterocycles. The van der Waals surface area contributed by atoms with Crippen molar-refractivity contribution in [2.75, 3.05) is 13.2 Å². The van der Waals surface area contributed by atoms with E-state index in [4.69, 9.17) is 9.47 Å². The lowest BCUT2D eigenvalue weighted by molar-refractivity contribution is 0.288. The van der Waals surface area contributed by atoms with Crippen molar-refractivity contribution in [1.82, 2.24) is 0 Å². The Hall–Kier alpha value is -1.48. The maximum Gasteiger partial charge on any atom is 0.122 e. The molecule has 0 saturated carbocycles. The molecule has 0 saturated heterocycles. The molecule has 2 aliphatic heterocycles. The van der Waals surface area contributed by atoms with Gasteiger partial charge in [0, 0.05) is 6.42 Å². The first-order valence-electron chi connectivity index (χ1n) is 7.46. The normalized spacial score (nSPS) is 17.4. The minimum absolute atomic E-state index is 0.218. The lowest BCUT2D eigenvalue weighted by Gasteiger charge is -2.19. The van der Waals surface area contributed by atoms with E-state index in [0.717, 1.165) is 44.0 Å². The quantitative estimate of drug-likeness (QED) is 0.750. The summed E-state index contributed by atoms with van der Waals surface area (Å²) in [6, 6.07) is 13.0. The number of hydrogen-bond donors (Lipinski definition) is 0. The second-order valence-electron chi connectivity index (χ2n) is 5.65. The van der Waals surface area contributed by atoms with Gasteiger partial charge in [-0.2, -0.15) is 0 Å². The first-order valence-corrected chi connectivity index (χ1v) is 8.38. The van der Waals surface area contributed by atoms with Gasteiger partial charge in [0.25, 0.3) is 0 Å². The number of fused-ring (bicyclic) bond motifs is 2. The maximum absolute atomic E-state index is 5.69. The summed E-state index contributed by atoms with van der Waals surface area (Å²) < 4.78 is 11.3. The summed E-state index contributed by atoms with van der Waals surface area (Å²) in [7, 11) is 0. The number of benzene rings is 2. The molecule has 0 N–H and O–H groups in total. The first-order chi connectivity index (χ1) is 10.3. The van der Waals surface area contributed by atoms with Crippen LogP contribution in [0.3, 0.4) is 0 Å². The summed E-state index contributed by atoms with van der Waals surface area (Å²) in [6.07, 6.45) is 3.24. The fraction of sp³-hybridized carbons (Fsp3) is 0.333. The Morgan fingerprint density at radius 1 is 0.810 bits per heavy atom. The average molecular weight is 345 g/mol. The van der Waals surface area contributed by atoms with Crippen LogP contribution in [0.2, 0.25) is 0 Å². The number of ether oxygens (including phenoxy) is 2. The van der Waals surface area contributed by atoms with Crippen LogP contribution in [0.25, 0.3) is 0 Å². The Kier molecular flexibility index (Phi) is 3.38. The molecule has 0 fully saturated rings. The van der Waals surface area contributed by atoms with E-state index in [2.05, 4.69) is 52.3 Å². The fourth-order valence-corrected chi connectivity index (χ4v) is 3.66. The summed E-state index contributed by atoms with van der Waals surface area (Å²) in [4.78, 5) is 0.218. The summed E-state index contributed by atoms with van der Waals surface area (Å²) in [5, 5.41) is 0. The van der Waals surface area contributed by atoms with Gasteiger partial charge in [-0.05, 0) is 47.2 Å². The standard InChI is InChI=1S/C18H17BrO2/c19-18(15-4-6-17-13(11-15)7-9-21-17)14-3-5-16-12(10-14)2-1-8-20-16/h3-6,10-11,18H,1-2,7-9H2. The molecule has 0 aliphatic carbocycles. The third-order valence-corrected chi connectivity index (χ3v) is 5.29. The summed E-state index contributed by atoms with van der Waals surface area (Å²) in [5.74, 6) is 2.09.